The Kier molecular flexibility index (Phi) is 4.69. The van der Waals surface area contributed by atoms with Gasteiger partial charge in [0.05, 0.1) is 12.1 Å². The van der Waals surface area contributed by atoms with Crippen molar-refractivity contribution in [3.05, 3.63) is 64.7 Å². The Morgan fingerprint density at radius 3 is 2.15 bits per heavy atom. The van der Waals surface area contributed by atoms with Gasteiger partial charge in [-0.3, -0.25) is 0 Å². The molecule has 0 aliphatic heterocycles. The molecule has 0 aromatic heterocycles. The summed E-state index contributed by atoms with van der Waals surface area (Å²) in [6.07, 6.45) is 1.01. The smallest absolute Gasteiger partial charge is 0.0828 e. The second-order valence-electron chi connectivity index (χ2n) is 5.17. The average molecular weight is 290 g/mol. The third-order valence-electron chi connectivity index (χ3n) is 3.58. The molecule has 0 heterocycles. The summed E-state index contributed by atoms with van der Waals surface area (Å²) in [5.41, 5.74) is 2.78. The van der Waals surface area contributed by atoms with Crippen molar-refractivity contribution in [2.75, 3.05) is 11.9 Å². The maximum Gasteiger partial charge on any atom is 0.0828 e. The van der Waals surface area contributed by atoms with Crippen molar-refractivity contribution in [1.82, 2.24) is 0 Å². The lowest BCUT2D eigenvalue weighted by Crippen LogP contribution is -2.35. The van der Waals surface area contributed by atoms with Crippen LogP contribution < -0.4 is 5.32 Å². The quantitative estimate of drug-likeness (QED) is 0.864. The Morgan fingerprint density at radius 1 is 1.05 bits per heavy atom. The summed E-state index contributed by atoms with van der Waals surface area (Å²) < 4.78 is 0. The first-order valence-corrected chi connectivity index (χ1v) is 7.19. The van der Waals surface area contributed by atoms with Crippen LogP contribution in [0.25, 0.3) is 0 Å². The monoisotopic (exact) mass is 289 g/mol. The maximum atomic E-state index is 9.79. The molecule has 0 aliphatic carbocycles. The number of anilines is 1. The summed E-state index contributed by atoms with van der Waals surface area (Å²) >= 11 is 5.89. The first-order valence-electron chi connectivity index (χ1n) is 6.81. The number of hydrogen-bond donors (Lipinski definition) is 2. The highest BCUT2D eigenvalue weighted by atomic mass is 35.5. The van der Waals surface area contributed by atoms with Crippen LogP contribution in [-0.4, -0.2) is 11.7 Å². The average Bonchev–Trinajstić information content (AvgIpc) is 2.49. The Hall–Kier alpha value is -1.51. The van der Waals surface area contributed by atoms with Crippen molar-refractivity contribution in [2.45, 2.75) is 25.8 Å². The van der Waals surface area contributed by atoms with Crippen LogP contribution in [0, 0.1) is 0 Å². The fraction of sp³-hybridized carbons (Fsp3) is 0.294. The standard InChI is InChI=1S/C17H20ClNO/c1-3-13-4-6-14(7-5-13)17(2,12-20)19-16-10-8-15(18)9-11-16/h4-11,19-20H,3,12H2,1-2H3. The van der Waals surface area contributed by atoms with E-state index < -0.39 is 5.54 Å². The fourth-order valence-electron chi connectivity index (χ4n) is 2.16. The number of hydrogen-bond acceptors (Lipinski definition) is 2. The largest absolute Gasteiger partial charge is 0.394 e. The van der Waals surface area contributed by atoms with Gasteiger partial charge >= 0.3 is 0 Å². The summed E-state index contributed by atoms with van der Waals surface area (Å²) in [6.45, 7) is 4.13. The summed E-state index contributed by atoms with van der Waals surface area (Å²) in [4.78, 5) is 0. The van der Waals surface area contributed by atoms with E-state index in [1.165, 1.54) is 5.56 Å². The lowest BCUT2D eigenvalue weighted by molar-refractivity contribution is 0.224. The number of aryl methyl sites for hydroxylation is 1. The molecule has 3 heteroatoms. The van der Waals surface area contributed by atoms with E-state index in [4.69, 9.17) is 11.6 Å². The third kappa shape index (κ3) is 3.33. The van der Waals surface area contributed by atoms with Crippen molar-refractivity contribution in [3.63, 3.8) is 0 Å². The number of halogens is 1. The van der Waals surface area contributed by atoms with Crippen molar-refractivity contribution in [1.29, 1.82) is 0 Å². The minimum Gasteiger partial charge on any atom is -0.394 e. The van der Waals surface area contributed by atoms with Gasteiger partial charge in [-0.15, -0.1) is 0 Å². The van der Waals surface area contributed by atoms with E-state index in [0.29, 0.717) is 5.02 Å². The molecule has 2 N–H and O–H groups in total. The zero-order valence-electron chi connectivity index (χ0n) is 11.9. The highest BCUT2D eigenvalue weighted by molar-refractivity contribution is 6.30. The summed E-state index contributed by atoms with van der Waals surface area (Å²) in [6, 6.07) is 15.8. The normalized spacial score (nSPS) is 13.8. The molecule has 0 radical (unpaired) electrons. The van der Waals surface area contributed by atoms with Crippen LogP contribution in [0.2, 0.25) is 5.02 Å². The second-order valence-corrected chi connectivity index (χ2v) is 5.61. The first kappa shape index (κ1) is 14.9. The molecule has 0 bridgehead atoms. The molecule has 20 heavy (non-hydrogen) atoms. The number of aliphatic hydroxyl groups is 1. The van der Waals surface area contributed by atoms with E-state index in [0.717, 1.165) is 17.7 Å². The van der Waals surface area contributed by atoms with Gasteiger partial charge in [0, 0.05) is 10.7 Å². The van der Waals surface area contributed by atoms with Crippen LogP contribution >= 0.6 is 11.6 Å². The van der Waals surface area contributed by atoms with Crippen molar-refractivity contribution < 1.29 is 5.11 Å². The molecule has 1 atom stereocenters. The molecule has 1 unspecified atom stereocenters. The first-order chi connectivity index (χ1) is 9.57. The molecule has 2 aromatic carbocycles. The molecule has 0 fully saturated rings. The van der Waals surface area contributed by atoms with Crippen LogP contribution in [0.4, 0.5) is 5.69 Å². The van der Waals surface area contributed by atoms with Gasteiger partial charge in [-0.05, 0) is 48.7 Å². The van der Waals surface area contributed by atoms with Gasteiger partial charge in [-0.25, -0.2) is 0 Å². The topological polar surface area (TPSA) is 32.3 Å². The van der Waals surface area contributed by atoms with Crippen molar-refractivity contribution >= 4 is 17.3 Å². The summed E-state index contributed by atoms with van der Waals surface area (Å²) in [5.74, 6) is 0. The molecule has 2 rings (SSSR count). The van der Waals surface area contributed by atoms with Gasteiger partial charge in [-0.2, -0.15) is 0 Å². The third-order valence-corrected chi connectivity index (χ3v) is 3.83. The maximum absolute atomic E-state index is 9.79. The predicted octanol–water partition coefficient (Wildman–Crippen LogP) is 4.22. The van der Waals surface area contributed by atoms with Gasteiger partial charge in [0.2, 0.25) is 0 Å². The minimum atomic E-state index is -0.514. The van der Waals surface area contributed by atoms with Crippen molar-refractivity contribution in [3.8, 4) is 0 Å². The lowest BCUT2D eigenvalue weighted by Gasteiger charge is -2.30. The Balaban J connectivity index is 2.25. The number of rotatable bonds is 5. The molecular weight excluding hydrogens is 270 g/mol. The molecule has 0 aliphatic rings. The van der Waals surface area contributed by atoms with Gasteiger partial charge in [0.15, 0.2) is 0 Å². The molecule has 0 spiro atoms. The second kappa shape index (κ2) is 6.29. The molecular formula is C17H20ClNO. The number of nitrogens with one attached hydrogen (secondary N) is 1. The van der Waals surface area contributed by atoms with Crippen molar-refractivity contribution in [2.24, 2.45) is 0 Å². The molecule has 0 saturated heterocycles. The Bertz CT molecular complexity index is 550. The van der Waals surface area contributed by atoms with E-state index in [1.807, 2.05) is 31.2 Å². The Labute approximate surface area is 125 Å². The highest BCUT2D eigenvalue weighted by Crippen LogP contribution is 2.27. The fourth-order valence-corrected chi connectivity index (χ4v) is 2.29. The van der Waals surface area contributed by atoms with Crippen LogP contribution in [-0.2, 0) is 12.0 Å². The zero-order chi connectivity index (χ0) is 14.6. The van der Waals surface area contributed by atoms with Crippen LogP contribution in [0.1, 0.15) is 25.0 Å². The summed E-state index contributed by atoms with van der Waals surface area (Å²) in [7, 11) is 0. The number of benzene rings is 2. The zero-order valence-corrected chi connectivity index (χ0v) is 12.6. The van der Waals surface area contributed by atoms with Crippen LogP contribution in [0.5, 0.6) is 0 Å². The molecule has 0 amide bonds. The molecule has 2 nitrogen and oxygen atoms in total. The SMILES string of the molecule is CCc1ccc(C(C)(CO)Nc2ccc(Cl)cc2)cc1. The van der Waals surface area contributed by atoms with E-state index in [9.17, 15) is 5.11 Å². The predicted molar refractivity (Wildman–Crippen MR) is 85.3 cm³/mol. The molecule has 106 valence electrons. The Morgan fingerprint density at radius 2 is 1.65 bits per heavy atom. The van der Waals surface area contributed by atoms with Gasteiger partial charge < -0.3 is 10.4 Å². The van der Waals surface area contributed by atoms with E-state index >= 15 is 0 Å². The van der Waals surface area contributed by atoms with Gasteiger partial charge in [0.25, 0.3) is 0 Å². The van der Waals surface area contributed by atoms with Gasteiger partial charge in [0.1, 0.15) is 0 Å². The molecule has 2 aromatic rings. The lowest BCUT2D eigenvalue weighted by atomic mass is 9.91. The van der Waals surface area contributed by atoms with E-state index in [1.54, 1.807) is 0 Å². The molecule has 0 saturated carbocycles. The van der Waals surface area contributed by atoms with Crippen LogP contribution in [0.15, 0.2) is 48.5 Å². The number of aliphatic hydroxyl groups excluding tert-OH is 1. The van der Waals surface area contributed by atoms with E-state index in [-0.39, 0.29) is 6.61 Å². The van der Waals surface area contributed by atoms with E-state index in [2.05, 4.69) is 36.5 Å². The summed E-state index contributed by atoms with van der Waals surface area (Å²) in [5, 5.41) is 13.9. The minimum absolute atomic E-state index is 0.0150. The van der Waals surface area contributed by atoms with Gasteiger partial charge in [-0.1, -0.05) is 42.8 Å². The highest BCUT2D eigenvalue weighted by Gasteiger charge is 2.25. The van der Waals surface area contributed by atoms with Crippen LogP contribution in [0.3, 0.4) is 0 Å².